The summed E-state index contributed by atoms with van der Waals surface area (Å²) in [5, 5.41) is 1.16. The smallest absolute Gasteiger partial charge is 0.138 e. The van der Waals surface area contributed by atoms with Crippen molar-refractivity contribution in [1.82, 2.24) is 4.98 Å². The van der Waals surface area contributed by atoms with Gasteiger partial charge >= 0.3 is 0 Å². The largest absolute Gasteiger partial charge is 0.492 e. The number of hydrogen-bond acceptors (Lipinski definition) is 2. The van der Waals surface area contributed by atoms with E-state index in [1.54, 1.807) is 0 Å². The van der Waals surface area contributed by atoms with Crippen molar-refractivity contribution in [3.63, 3.8) is 0 Å². The highest BCUT2D eigenvalue weighted by Gasteiger charge is 2.39. The normalized spacial score (nSPS) is 28.9. The number of ether oxygens (including phenoxy) is 1. The molecule has 2 saturated carbocycles. The molecule has 0 radical (unpaired) electrons. The van der Waals surface area contributed by atoms with Gasteiger partial charge in [0, 0.05) is 5.39 Å². The van der Waals surface area contributed by atoms with Crippen molar-refractivity contribution in [2.75, 3.05) is 6.61 Å². The summed E-state index contributed by atoms with van der Waals surface area (Å²) >= 11 is 0. The highest BCUT2D eigenvalue weighted by Crippen LogP contribution is 2.48. The highest BCUT2D eigenvalue weighted by molar-refractivity contribution is 5.79. The number of rotatable bonds is 3. The van der Waals surface area contributed by atoms with E-state index in [2.05, 4.69) is 17.1 Å². The van der Waals surface area contributed by atoms with Gasteiger partial charge in [-0.2, -0.15) is 0 Å². The number of para-hydroxylation sites is 1. The fourth-order valence-corrected chi connectivity index (χ4v) is 3.91. The van der Waals surface area contributed by atoms with Gasteiger partial charge in [-0.1, -0.05) is 24.6 Å². The van der Waals surface area contributed by atoms with Gasteiger partial charge in [0.25, 0.3) is 0 Å². The van der Waals surface area contributed by atoms with Crippen LogP contribution in [0.4, 0.5) is 0 Å². The summed E-state index contributed by atoms with van der Waals surface area (Å²) in [5.74, 6) is 3.62. The van der Waals surface area contributed by atoms with Crippen molar-refractivity contribution in [2.24, 2.45) is 17.8 Å². The van der Waals surface area contributed by atoms with Gasteiger partial charge in [-0.05, 0) is 49.1 Å². The van der Waals surface area contributed by atoms with Crippen molar-refractivity contribution in [3.05, 3.63) is 36.5 Å². The SMILES string of the molecule is c1ccc2ncc(OCC3CC4CCC3C4)cc2c1. The minimum Gasteiger partial charge on any atom is -0.492 e. The minimum atomic E-state index is 0.783. The molecule has 98 valence electrons. The summed E-state index contributed by atoms with van der Waals surface area (Å²) in [6, 6.07) is 10.3. The molecule has 0 aliphatic heterocycles. The van der Waals surface area contributed by atoms with Gasteiger partial charge in [0.2, 0.25) is 0 Å². The second kappa shape index (κ2) is 4.52. The Balaban J connectivity index is 1.46. The molecule has 2 nitrogen and oxygen atoms in total. The third-order valence-corrected chi connectivity index (χ3v) is 4.91. The Morgan fingerprint density at radius 2 is 2.11 bits per heavy atom. The van der Waals surface area contributed by atoms with Crippen LogP contribution in [0.2, 0.25) is 0 Å². The molecule has 3 atom stereocenters. The maximum absolute atomic E-state index is 5.99. The zero-order chi connectivity index (χ0) is 12.7. The van der Waals surface area contributed by atoms with Crippen LogP contribution in [-0.4, -0.2) is 11.6 Å². The van der Waals surface area contributed by atoms with E-state index in [1.165, 1.54) is 25.7 Å². The maximum Gasteiger partial charge on any atom is 0.138 e. The molecule has 2 aliphatic carbocycles. The molecule has 2 aromatic rings. The fourth-order valence-electron chi connectivity index (χ4n) is 3.91. The van der Waals surface area contributed by atoms with Crippen molar-refractivity contribution in [3.8, 4) is 5.75 Å². The minimum absolute atomic E-state index is 0.783. The van der Waals surface area contributed by atoms with Gasteiger partial charge in [-0.25, -0.2) is 0 Å². The summed E-state index contributed by atoms with van der Waals surface area (Å²) in [5.41, 5.74) is 1.04. The van der Waals surface area contributed by atoms with Gasteiger partial charge in [-0.15, -0.1) is 0 Å². The van der Waals surface area contributed by atoms with Gasteiger partial charge in [0.05, 0.1) is 18.3 Å². The van der Waals surface area contributed by atoms with Crippen LogP contribution in [0, 0.1) is 17.8 Å². The summed E-state index contributed by atoms with van der Waals surface area (Å²) in [7, 11) is 0. The van der Waals surface area contributed by atoms with Gasteiger partial charge < -0.3 is 4.74 Å². The molecule has 19 heavy (non-hydrogen) atoms. The molecule has 2 aliphatic rings. The lowest BCUT2D eigenvalue weighted by molar-refractivity contribution is 0.195. The van der Waals surface area contributed by atoms with Crippen LogP contribution in [0.5, 0.6) is 5.75 Å². The van der Waals surface area contributed by atoms with Crippen molar-refractivity contribution in [1.29, 1.82) is 0 Å². The van der Waals surface area contributed by atoms with Crippen LogP contribution >= 0.6 is 0 Å². The molecule has 2 heteroatoms. The molecule has 2 bridgehead atoms. The van der Waals surface area contributed by atoms with Crippen molar-refractivity contribution < 1.29 is 4.74 Å². The average Bonchev–Trinajstić information content (AvgIpc) is 3.07. The van der Waals surface area contributed by atoms with E-state index in [9.17, 15) is 0 Å². The number of fused-ring (bicyclic) bond motifs is 3. The zero-order valence-corrected chi connectivity index (χ0v) is 11.1. The van der Waals surface area contributed by atoms with Crippen molar-refractivity contribution in [2.45, 2.75) is 25.7 Å². The maximum atomic E-state index is 5.99. The molecule has 0 amide bonds. The molecule has 0 saturated heterocycles. The second-order valence-corrected chi connectivity index (χ2v) is 6.11. The summed E-state index contributed by atoms with van der Waals surface area (Å²) < 4.78 is 5.99. The van der Waals surface area contributed by atoms with E-state index in [4.69, 9.17) is 4.74 Å². The number of hydrogen-bond donors (Lipinski definition) is 0. The van der Waals surface area contributed by atoms with E-state index in [1.807, 2.05) is 24.4 Å². The van der Waals surface area contributed by atoms with Crippen molar-refractivity contribution >= 4 is 10.9 Å². The molecule has 2 fully saturated rings. The molecular formula is C17H19NO. The second-order valence-electron chi connectivity index (χ2n) is 6.11. The Morgan fingerprint density at radius 1 is 1.16 bits per heavy atom. The molecule has 1 heterocycles. The van der Waals surface area contributed by atoms with Crippen LogP contribution in [0.25, 0.3) is 10.9 Å². The Morgan fingerprint density at radius 3 is 2.95 bits per heavy atom. The van der Waals surface area contributed by atoms with Crippen LogP contribution in [0.3, 0.4) is 0 Å². The average molecular weight is 253 g/mol. The lowest BCUT2D eigenvalue weighted by atomic mass is 9.89. The first kappa shape index (κ1) is 11.3. The van der Waals surface area contributed by atoms with E-state index in [-0.39, 0.29) is 0 Å². The molecule has 3 unspecified atom stereocenters. The number of nitrogens with zero attached hydrogens (tertiary/aromatic N) is 1. The van der Waals surface area contributed by atoms with E-state index in [0.29, 0.717) is 0 Å². The van der Waals surface area contributed by atoms with Gasteiger partial charge in [0.1, 0.15) is 5.75 Å². The monoisotopic (exact) mass is 253 g/mol. The van der Waals surface area contributed by atoms with E-state index in [0.717, 1.165) is 41.0 Å². The number of pyridine rings is 1. The first-order valence-corrected chi connectivity index (χ1v) is 7.36. The summed E-state index contributed by atoms with van der Waals surface area (Å²) in [6.45, 7) is 0.876. The third-order valence-electron chi connectivity index (χ3n) is 4.91. The molecule has 0 N–H and O–H groups in total. The van der Waals surface area contributed by atoms with E-state index >= 15 is 0 Å². The van der Waals surface area contributed by atoms with Gasteiger partial charge in [-0.3, -0.25) is 4.98 Å². The number of aromatic nitrogens is 1. The predicted octanol–water partition coefficient (Wildman–Crippen LogP) is 4.05. The summed E-state index contributed by atoms with van der Waals surface area (Å²) in [6.07, 6.45) is 7.57. The topological polar surface area (TPSA) is 22.1 Å². The lowest BCUT2D eigenvalue weighted by Gasteiger charge is -2.21. The number of benzene rings is 1. The van der Waals surface area contributed by atoms with Crippen LogP contribution in [0.1, 0.15) is 25.7 Å². The molecule has 1 aromatic carbocycles. The Bertz CT molecular complexity index is 595. The third kappa shape index (κ3) is 2.09. The summed E-state index contributed by atoms with van der Waals surface area (Å²) in [4.78, 5) is 4.45. The Hall–Kier alpha value is -1.57. The molecular weight excluding hydrogens is 234 g/mol. The predicted molar refractivity (Wildman–Crippen MR) is 76.2 cm³/mol. The van der Waals surface area contributed by atoms with Crippen LogP contribution in [-0.2, 0) is 0 Å². The Kier molecular flexibility index (Phi) is 2.68. The van der Waals surface area contributed by atoms with E-state index < -0.39 is 0 Å². The fraction of sp³-hybridized carbons (Fsp3) is 0.471. The highest BCUT2D eigenvalue weighted by atomic mass is 16.5. The Labute approximate surface area is 113 Å². The van der Waals surface area contributed by atoms with Crippen LogP contribution in [0.15, 0.2) is 36.5 Å². The van der Waals surface area contributed by atoms with Gasteiger partial charge in [0.15, 0.2) is 0 Å². The lowest BCUT2D eigenvalue weighted by Crippen LogP contribution is -2.18. The molecule has 4 rings (SSSR count). The quantitative estimate of drug-likeness (QED) is 0.823. The first-order chi connectivity index (χ1) is 9.38. The van der Waals surface area contributed by atoms with Crippen LogP contribution < -0.4 is 4.74 Å². The zero-order valence-electron chi connectivity index (χ0n) is 11.1. The molecule has 1 aromatic heterocycles. The first-order valence-electron chi connectivity index (χ1n) is 7.36. The molecule has 0 spiro atoms. The standard InChI is InChI=1S/C17H19NO/c1-2-4-17-14(3-1)9-16(10-18-17)19-11-15-8-12-5-6-13(15)7-12/h1-4,9-10,12-13,15H,5-8,11H2.